The summed E-state index contributed by atoms with van der Waals surface area (Å²) in [7, 11) is 0. The van der Waals surface area contributed by atoms with E-state index in [0.29, 0.717) is 5.11 Å². The Morgan fingerprint density at radius 2 is 1.57 bits per heavy atom. The highest BCUT2D eigenvalue weighted by Gasteiger charge is 2.42. The van der Waals surface area contributed by atoms with Gasteiger partial charge < -0.3 is 14.8 Å². The third-order valence-corrected chi connectivity index (χ3v) is 8.97. The van der Waals surface area contributed by atoms with Gasteiger partial charge in [-0.15, -0.1) is 0 Å². The first-order valence-corrected chi connectivity index (χ1v) is 14.8. The Balaban J connectivity index is 1.38. The number of pyridine rings is 1. The molecule has 5 aromatic rings. The van der Waals surface area contributed by atoms with Crippen molar-refractivity contribution >= 4 is 40.5 Å². The topological polar surface area (TPSA) is 76.2 Å². The normalized spacial score (nSPS) is 16.5. The van der Waals surface area contributed by atoms with E-state index in [-0.39, 0.29) is 22.7 Å². The van der Waals surface area contributed by atoms with Crippen LogP contribution in [0.2, 0.25) is 0 Å². The van der Waals surface area contributed by atoms with Gasteiger partial charge >= 0.3 is 0 Å². The Labute approximate surface area is 254 Å². The van der Waals surface area contributed by atoms with Crippen LogP contribution < -0.4 is 10.2 Å². The summed E-state index contributed by atoms with van der Waals surface area (Å²) in [5.41, 5.74) is 7.87. The molecule has 1 saturated heterocycles. The van der Waals surface area contributed by atoms with E-state index in [1.807, 2.05) is 24.4 Å². The largest absolute Gasteiger partial charge is 0.351 e. The van der Waals surface area contributed by atoms with E-state index in [0.717, 1.165) is 32.6 Å². The lowest BCUT2D eigenvalue weighted by Gasteiger charge is -2.28. The molecule has 0 spiro atoms. The zero-order valence-corrected chi connectivity index (χ0v) is 25.0. The van der Waals surface area contributed by atoms with E-state index in [1.165, 1.54) is 28.9 Å². The minimum atomic E-state index is -0.386. The number of nitrogens with one attached hydrogen (secondary N) is 1. The van der Waals surface area contributed by atoms with Gasteiger partial charge in [-0.05, 0) is 105 Å². The van der Waals surface area contributed by atoms with Gasteiger partial charge in [0.15, 0.2) is 5.11 Å². The number of nitrogens with zero attached hydrogens (tertiary/aromatic N) is 4. The lowest BCUT2D eigenvalue weighted by Crippen LogP contribution is -2.29. The van der Waals surface area contributed by atoms with Crippen molar-refractivity contribution in [1.29, 1.82) is 0 Å². The van der Waals surface area contributed by atoms with Gasteiger partial charge in [0.1, 0.15) is 0 Å². The third kappa shape index (κ3) is 5.17. The van der Waals surface area contributed by atoms with Gasteiger partial charge in [-0.25, -0.2) is 0 Å². The smallest absolute Gasteiger partial charge is 0.269 e. The van der Waals surface area contributed by atoms with Crippen LogP contribution in [-0.4, -0.2) is 19.6 Å². The van der Waals surface area contributed by atoms with Crippen LogP contribution in [0.4, 0.5) is 11.4 Å². The van der Waals surface area contributed by atoms with Crippen LogP contribution in [0, 0.1) is 30.9 Å². The molecule has 7 nitrogen and oxygen atoms in total. The molecule has 0 amide bonds. The van der Waals surface area contributed by atoms with Crippen LogP contribution in [0.15, 0.2) is 113 Å². The fraction of sp³-hybridized carbons (Fsp3) is 0.152. The first-order chi connectivity index (χ1) is 20.3. The van der Waals surface area contributed by atoms with E-state index in [4.69, 9.17) is 17.2 Å². The Morgan fingerprint density at radius 3 is 2.21 bits per heavy atom. The second kappa shape index (κ2) is 11.4. The molecule has 1 fully saturated rings. The van der Waals surface area contributed by atoms with Crippen LogP contribution in [0.25, 0.3) is 5.69 Å². The number of hydrogen-bond donors (Lipinski definition) is 1. The number of aryl methyl sites for hydroxylation is 2. The Hall–Kier alpha value is -4.47. The SMILES string of the molecule is Cc1ccccc1-n1c(C)cc([C@H]2[C@H](c3ccccn3)NC(=S)N2c2ccc(Sc3ccc([N+](=O)[O-])cc3)cc2)c1C. The molecular formula is C33H29N5O2S2. The van der Waals surface area contributed by atoms with Crippen molar-refractivity contribution < 1.29 is 4.92 Å². The van der Waals surface area contributed by atoms with E-state index >= 15 is 0 Å². The maximum Gasteiger partial charge on any atom is 0.269 e. The molecule has 1 N–H and O–H groups in total. The van der Waals surface area contributed by atoms with Gasteiger partial charge in [-0.3, -0.25) is 15.1 Å². The molecule has 0 saturated carbocycles. The Bertz CT molecular complexity index is 1770. The number of nitro benzene ring substituents is 1. The van der Waals surface area contributed by atoms with Crippen LogP contribution in [0.1, 0.15) is 40.3 Å². The number of hydrogen-bond acceptors (Lipinski definition) is 5. The van der Waals surface area contributed by atoms with E-state index in [9.17, 15) is 10.1 Å². The first kappa shape index (κ1) is 27.7. The molecule has 9 heteroatoms. The molecule has 3 heterocycles. The number of non-ortho nitro benzene ring substituents is 1. The summed E-state index contributed by atoms with van der Waals surface area (Å²) in [5, 5.41) is 15.2. The van der Waals surface area contributed by atoms with Crippen LogP contribution in [0.3, 0.4) is 0 Å². The van der Waals surface area contributed by atoms with Crippen molar-refractivity contribution in [3.63, 3.8) is 0 Å². The van der Waals surface area contributed by atoms with Crippen LogP contribution in [0.5, 0.6) is 0 Å². The molecule has 1 aliphatic heterocycles. The summed E-state index contributed by atoms with van der Waals surface area (Å²) in [4.78, 5) is 19.5. The van der Waals surface area contributed by atoms with Gasteiger partial charge in [-0.2, -0.15) is 0 Å². The molecule has 3 aromatic carbocycles. The standard InChI is InChI=1S/C33H29N5O2S2/c1-21-8-4-5-10-30(21)36-22(2)20-28(23(36)3)32-31(29-9-6-7-19-34-29)35-33(41)37(32)24-11-15-26(16-12-24)42-27-17-13-25(14-18-27)38(39)40/h4-20,31-32H,1-3H3,(H,35,41)/t31-,32-/m0/s1. The summed E-state index contributed by atoms with van der Waals surface area (Å²) in [5.74, 6) is 0. The monoisotopic (exact) mass is 591 g/mol. The molecule has 0 unspecified atom stereocenters. The number of nitro groups is 1. The van der Waals surface area contributed by atoms with E-state index < -0.39 is 0 Å². The van der Waals surface area contributed by atoms with Crippen molar-refractivity contribution in [3.05, 3.63) is 142 Å². The minimum absolute atomic E-state index is 0.0834. The molecule has 0 radical (unpaired) electrons. The fourth-order valence-corrected chi connectivity index (χ4v) is 6.83. The van der Waals surface area contributed by atoms with Crippen LogP contribution in [-0.2, 0) is 0 Å². The summed E-state index contributed by atoms with van der Waals surface area (Å²) >= 11 is 7.52. The number of benzene rings is 3. The third-order valence-electron chi connectivity index (χ3n) is 7.64. The minimum Gasteiger partial charge on any atom is -0.351 e. The summed E-state index contributed by atoms with van der Waals surface area (Å²) in [6, 6.07) is 31.3. The summed E-state index contributed by atoms with van der Waals surface area (Å²) in [6.07, 6.45) is 1.82. The molecule has 2 atom stereocenters. The number of rotatable bonds is 7. The molecule has 0 aliphatic carbocycles. The molecule has 42 heavy (non-hydrogen) atoms. The summed E-state index contributed by atoms with van der Waals surface area (Å²) < 4.78 is 2.32. The zero-order chi connectivity index (χ0) is 29.4. The number of para-hydroxylation sites is 1. The summed E-state index contributed by atoms with van der Waals surface area (Å²) in [6.45, 7) is 6.46. The first-order valence-electron chi connectivity index (χ1n) is 13.6. The predicted molar refractivity (Wildman–Crippen MR) is 172 cm³/mol. The van der Waals surface area contributed by atoms with Gasteiger partial charge in [0.25, 0.3) is 5.69 Å². The lowest BCUT2D eigenvalue weighted by molar-refractivity contribution is -0.384. The lowest BCUT2D eigenvalue weighted by atomic mass is 9.96. The molecule has 6 rings (SSSR count). The predicted octanol–water partition coefficient (Wildman–Crippen LogP) is 8.03. The Morgan fingerprint density at radius 1 is 0.905 bits per heavy atom. The molecular weight excluding hydrogens is 563 g/mol. The van der Waals surface area contributed by atoms with E-state index in [2.05, 4.69) is 90.2 Å². The van der Waals surface area contributed by atoms with Crippen molar-refractivity contribution in [1.82, 2.24) is 14.9 Å². The van der Waals surface area contributed by atoms with Crippen molar-refractivity contribution in [2.75, 3.05) is 4.90 Å². The Kier molecular flexibility index (Phi) is 7.53. The molecule has 1 aliphatic rings. The van der Waals surface area contributed by atoms with E-state index in [1.54, 1.807) is 23.9 Å². The maximum atomic E-state index is 11.0. The zero-order valence-electron chi connectivity index (χ0n) is 23.4. The average molecular weight is 592 g/mol. The average Bonchev–Trinajstić information content (AvgIpc) is 3.49. The highest BCUT2D eigenvalue weighted by molar-refractivity contribution is 7.99. The van der Waals surface area contributed by atoms with Gasteiger partial charge in [0, 0.05) is 50.9 Å². The maximum absolute atomic E-state index is 11.0. The number of aromatic nitrogens is 2. The van der Waals surface area contributed by atoms with Crippen LogP contribution >= 0.6 is 24.0 Å². The molecule has 210 valence electrons. The van der Waals surface area contributed by atoms with Gasteiger partial charge in [0.2, 0.25) is 0 Å². The quantitative estimate of drug-likeness (QED) is 0.117. The molecule has 0 bridgehead atoms. The fourth-order valence-electron chi connectivity index (χ4n) is 5.67. The highest BCUT2D eigenvalue weighted by Crippen LogP contribution is 2.44. The number of anilines is 1. The highest BCUT2D eigenvalue weighted by atomic mass is 32.2. The van der Waals surface area contributed by atoms with Crippen molar-refractivity contribution in [3.8, 4) is 5.69 Å². The second-order valence-electron chi connectivity index (χ2n) is 10.3. The second-order valence-corrected chi connectivity index (χ2v) is 11.8. The number of thiocarbonyl (C=S) groups is 1. The van der Waals surface area contributed by atoms with Crippen molar-refractivity contribution in [2.24, 2.45) is 0 Å². The molecule has 2 aromatic heterocycles. The van der Waals surface area contributed by atoms with Crippen molar-refractivity contribution in [2.45, 2.75) is 42.6 Å². The van der Waals surface area contributed by atoms with Gasteiger partial charge in [-0.1, -0.05) is 36.0 Å². The van der Waals surface area contributed by atoms with Gasteiger partial charge in [0.05, 0.1) is 22.7 Å².